The van der Waals surface area contributed by atoms with Crippen molar-refractivity contribution < 1.29 is 14.7 Å². The second-order valence-electron chi connectivity index (χ2n) is 3.12. The molecule has 0 unspecified atom stereocenters. The molecule has 1 amide bonds. The van der Waals surface area contributed by atoms with Gasteiger partial charge in [-0.05, 0) is 19.4 Å². The molecule has 1 aromatic rings. The average molecular weight is 215 g/mol. The Kier molecular flexibility index (Phi) is 5.36. The molecule has 6 heteroatoms. The lowest BCUT2D eigenvalue weighted by Crippen LogP contribution is -2.26. The van der Waals surface area contributed by atoms with Crippen molar-refractivity contribution >= 4 is 39.0 Å². The molecule has 4 radical (unpaired) electrons. The maximum Gasteiger partial charge on any atom is 0.335 e. The van der Waals surface area contributed by atoms with Gasteiger partial charge in [0.05, 0.1) is 5.56 Å². The van der Waals surface area contributed by atoms with Gasteiger partial charge in [-0.15, -0.1) is 0 Å². The maximum absolute atomic E-state index is 10.7. The summed E-state index contributed by atoms with van der Waals surface area (Å²) in [5, 5.41) is 8.79. The molecular weight excluding hydrogens is 204 g/mol. The first-order valence-electron chi connectivity index (χ1n) is 4.40. The Morgan fingerprint density at radius 1 is 1.38 bits per heavy atom. The van der Waals surface area contributed by atoms with Gasteiger partial charge in [-0.3, -0.25) is 4.79 Å². The molecule has 0 heterocycles. The van der Waals surface area contributed by atoms with Crippen LogP contribution in [0, 0.1) is 13.8 Å². The highest BCUT2D eigenvalue weighted by Gasteiger charge is 2.11. The van der Waals surface area contributed by atoms with E-state index in [1.807, 2.05) is 0 Å². The summed E-state index contributed by atoms with van der Waals surface area (Å²) >= 11 is 0. The Balaban J connectivity index is 0.000000673. The molecule has 0 aliphatic rings. The third-order valence-corrected chi connectivity index (χ3v) is 2.18. The van der Waals surface area contributed by atoms with Gasteiger partial charge in [-0.2, -0.15) is 0 Å². The van der Waals surface area contributed by atoms with E-state index in [-0.39, 0.29) is 12.0 Å². The summed E-state index contributed by atoms with van der Waals surface area (Å²) in [6.45, 7) is 3.44. The molecular formula is C10H11B2NO3. The van der Waals surface area contributed by atoms with E-state index in [1.54, 1.807) is 13.8 Å². The lowest BCUT2D eigenvalue weighted by Gasteiger charge is -2.11. The topological polar surface area (TPSA) is 80.4 Å². The van der Waals surface area contributed by atoms with Crippen LogP contribution in [0.2, 0.25) is 0 Å². The van der Waals surface area contributed by atoms with Gasteiger partial charge in [0.25, 0.3) is 0 Å². The van der Waals surface area contributed by atoms with Gasteiger partial charge in [0.15, 0.2) is 0 Å². The van der Waals surface area contributed by atoms with Crippen molar-refractivity contribution in [2.24, 2.45) is 5.73 Å². The molecule has 0 aliphatic carbocycles. The van der Waals surface area contributed by atoms with Crippen LogP contribution in [0.25, 0.3) is 0 Å². The zero-order valence-corrected chi connectivity index (χ0v) is 9.15. The second kappa shape index (κ2) is 6.00. The summed E-state index contributed by atoms with van der Waals surface area (Å²) in [4.78, 5) is 19.3. The maximum atomic E-state index is 10.7. The number of nitrogens with two attached hydrogens (primary N) is 1. The first-order chi connectivity index (χ1) is 7.36. The molecule has 80 valence electrons. The normalized spacial score (nSPS) is 8.88. The van der Waals surface area contributed by atoms with Crippen LogP contribution in [0.4, 0.5) is 0 Å². The van der Waals surface area contributed by atoms with E-state index in [2.05, 4.69) is 5.73 Å². The van der Waals surface area contributed by atoms with E-state index in [9.17, 15) is 4.79 Å². The van der Waals surface area contributed by atoms with Crippen LogP contribution in [0.15, 0.2) is 6.07 Å². The van der Waals surface area contributed by atoms with Crippen LogP contribution in [0.1, 0.15) is 21.5 Å². The third-order valence-electron chi connectivity index (χ3n) is 2.18. The molecule has 0 saturated carbocycles. The van der Waals surface area contributed by atoms with Crippen molar-refractivity contribution in [2.75, 3.05) is 0 Å². The Bertz CT molecular complexity index is 419. The Hall–Kier alpha value is -1.71. The molecule has 0 aliphatic heterocycles. The van der Waals surface area contributed by atoms with E-state index >= 15 is 0 Å². The number of carboxylic acid groups (broad SMARTS) is 1. The van der Waals surface area contributed by atoms with Gasteiger partial charge in [0, 0.05) is 0 Å². The number of carboxylic acids is 1. The molecule has 1 rings (SSSR count). The number of rotatable bonds is 1. The van der Waals surface area contributed by atoms with E-state index < -0.39 is 5.97 Å². The van der Waals surface area contributed by atoms with Crippen LogP contribution in [0.3, 0.4) is 0 Å². The van der Waals surface area contributed by atoms with Crippen LogP contribution >= 0.6 is 0 Å². The van der Waals surface area contributed by atoms with E-state index in [0.29, 0.717) is 16.5 Å². The lowest BCUT2D eigenvalue weighted by atomic mass is 9.77. The predicted molar refractivity (Wildman–Crippen MR) is 63.9 cm³/mol. The minimum atomic E-state index is -1.00. The number of aromatic carboxylic acids is 1. The zero-order chi connectivity index (χ0) is 12.9. The fraction of sp³-hybridized carbons (Fsp3) is 0.200. The SMILES string of the molecule is NC=O.[B]c1cc(C(=O)O)c(C)c([B])c1C. The van der Waals surface area contributed by atoms with E-state index in [4.69, 9.17) is 25.6 Å². The van der Waals surface area contributed by atoms with Crippen molar-refractivity contribution in [2.45, 2.75) is 13.8 Å². The highest BCUT2D eigenvalue weighted by molar-refractivity contribution is 6.41. The van der Waals surface area contributed by atoms with Gasteiger partial charge in [0.1, 0.15) is 15.7 Å². The van der Waals surface area contributed by atoms with Crippen LogP contribution in [-0.4, -0.2) is 33.2 Å². The fourth-order valence-corrected chi connectivity index (χ4v) is 1.18. The summed E-state index contributed by atoms with van der Waals surface area (Å²) in [7, 11) is 11.3. The van der Waals surface area contributed by atoms with Gasteiger partial charge in [-0.25, -0.2) is 4.79 Å². The van der Waals surface area contributed by atoms with Crippen molar-refractivity contribution in [1.82, 2.24) is 0 Å². The molecule has 0 aromatic heterocycles. The molecule has 0 fully saturated rings. The monoisotopic (exact) mass is 215 g/mol. The molecule has 0 saturated heterocycles. The van der Waals surface area contributed by atoms with Crippen LogP contribution < -0.4 is 16.7 Å². The smallest absolute Gasteiger partial charge is 0.335 e. The quantitative estimate of drug-likeness (QED) is 0.450. The molecule has 0 spiro atoms. The minimum Gasteiger partial charge on any atom is -0.478 e. The number of primary amides is 1. The molecule has 16 heavy (non-hydrogen) atoms. The Morgan fingerprint density at radius 2 is 1.81 bits per heavy atom. The molecule has 0 atom stereocenters. The highest BCUT2D eigenvalue weighted by Crippen LogP contribution is 2.04. The number of carbonyl (C=O) groups excluding carboxylic acids is 1. The summed E-state index contributed by atoms with van der Waals surface area (Å²) in [5.41, 5.74) is 6.51. The van der Waals surface area contributed by atoms with Gasteiger partial charge in [-0.1, -0.05) is 22.6 Å². The van der Waals surface area contributed by atoms with Crippen LogP contribution in [-0.2, 0) is 4.79 Å². The summed E-state index contributed by atoms with van der Waals surface area (Å²) in [6, 6.07) is 1.43. The van der Waals surface area contributed by atoms with Crippen molar-refractivity contribution in [3.05, 3.63) is 22.8 Å². The summed E-state index contributed by atoms with van der Waals surface area (Å²) in [5.74, 6) is -1.00. The fourth-order valence-electron chi connectivity index (χ4n) is 1.18. The summed E-state index contributed by atoms with van der Waals surface area (Å²) in [6.07, 6.45) is 0.250. The minimum absolute atomic E-state index is 0.167. The average Bonchev–Trinajstić information content (AvgIpc) is 2.21. The standard InChI is InChI=1S/C9H8B2O2.CH3NO/c1-4-6(9(12)13)3-7(10)5(2)8(4)11;2-1-3/h3H,1-2H3,(H,12,13);1H,(H2,2,3). The number of hydrogen-bond donors (Lipinski definition) is 2. The number of carbonyl (C=O) groups is 2. The van der Waals surface area contributed by atoms with Crippen molar-refractivity contribution in [3.8, 4) is 0 Å². The van der Waals surface area contributed by atoms with Crippen LogP contribution in [0.5, 0.6) is 0 Å². The largest absolute Gasteiger partial charge is 0.478 e. The number of amides is 1. The lowest BCUT2D eigenvalue weighted by molar-refractivity contribution is -0.106. The molecule has 1 aromatic carbocycles. The number of hydrogen-bond acceptors (Lipinski definition) is 2. The van der Waals surface area contributed by atoms with E-state index in [1.165, 1.54) is 6.07 Å². The predicted octanol–water partition coefficient (Wildman–Crippen LogP) is -1.31. The third kappa shape index (κ3) is 3.15. The van der Waals surface area contributed by atoms with Crippen molar-refractivity contribution in [3.63, 3.8) is 0 Å². The molecule has 0 bridgehead atoms. The first-order valence-corrected chi connectivity index (χ1v) is 4.40. The Morgan fingerprint density at radius 3 is 2.19 bits per heavy atom. The van der Waals surface area contributed by atoms with Crippen molar-refractivity contribution in [1.29, 1.82) is 0 Å². The zero-order valence-electron chi connectivity index (χ0n) is 9.15. The first kappa shape index (κ1) is 14.3. The highest BCUT2D eigenvalue weighted by atomic mass is 16.4. The number of benzene rings is 1. The Labute approximate surface area is 96.7 Å². The molecule has 4 nitrogen and oxygen atoms in total. The van der Waals surface area contributed by atoms with Gasteiger partial charge in [0.2, 0.25) is 6.41 Å². The van der Waals surface area contributed by atoms with E-state index in [0.717, 1.165) is 5.56 Å². The molecule has 3 N–H and O–H groups in total. The second-order valence-corrected chi connectivity index (χ2v) is 3.12. The van der Waals surface area contributed by atoms with Gasteiger partial charge >= 0.3 is 5.97 Å². The summed E-state index contributed by atoms with van der Waals surface area (Å²) < 4.78 is 0. The van der Waals surface area contributed by atoms with Gasteiger partial charge < -0.3 is 10.8 Å².